The number of rotatable bonds is 6. The van der Waals surface area contributed by atoms with E-state index in [4.69, 9.17) is 14.5 Å². The summed E-state index contributed by atoms with van der Waals surface area (Å²) in [6.45, 7) is 2.73. The Morgan fingerprint density at radius 2 is 1.91 bits per heavy atom. The Morgan fingerprint density at radius 1 is 1.09 bits per heavy atom. The predicted molar refractivity (Wildman–Crippen MR) is 124 cm³/mol. The van der Waals surface area contributed by atoms with E-state index in [9.17, 15) is 4.79 Å². The van der Waals surface area contributed by atoms with E-state index in [1.807, 2.05) is 30.3 Å². The number of piperidine rings is 1. The molecule has 32 heavy (non-hydrogen) atoms. The van der Waals surface area contributed by atoms with Crippen LogP contribution in [0.1, 0.15) is 62.3 Å². The second kappa shape index (κ2) is 8.85. The van der Waals surface area contributed by atoms with E-state index in [-0.39, 0.29) is 29.8 Å². The molecule has 1 aliphatic heterocycles. The first-order valence-corrected chi connectivity index (χ1v) is 11.7. The summed E-state index contributed by atoms with van der Waals surface area (Å²) in [4.78, 5) is 20.9. The number of imidazole rings is 1. The number of nitrogens with one attached hydrogen (secondary N) is 2. The third-order valence-electron chi connectivity index (χ3n) is 7.10. The van der Waals surface area contributed by atoms with E-state index < -0.39 is 0 Å². The number of hydrogen-bond acceptors (Lipinski definition) is 4. The Kier molecular flexibility index (Phi) is 5.77. The zero-order valence-electron chi connectivity index (χ0n) is 18.8. The zero-order chi connectivity index (χ0) is 22.1. The Morgan fingerprint density at radius 3 is 2.69 bits per heavy atom. The third-order valence-corrected chi connectivity index (χ3v) is 7.10. The first-order valence-electron chi connectivity index (χ1n) is 11.7. The monoisotopic (exact) mass is 433 g/mol. The number of methoxy groups -OCH3 is 1. The van der Waals surface area contributed by atoms with Crippen LogP contribution in [0, 0.1) is 5.92 Å². The number of benzene rings is 2. The molecule has 5 rings (SSSR count). The van der Waals surface area contributed by atoms with Gasteiger partial charge in [0.2, 0.25) is 5.91 Å². The van der Waals surface area contributed by atoms with Crippen LogP contribution in [0.5, 0.6) is 11.5 Å². The van der Waals surface area contributed by atoms with Crippen molar-refractivity contribution in [2.45, 2.75) is 57.0 Å². The third kappa shape index (κ3) is 4.06. The number of hydrogen-bond donors (Lipinski definition) is 2. The second-order valence-electron chi connectivity index (χ2n) is 9.15. The minimum Gasteiger partial charge on any atom is -0.493 e. The van der Waals surface area contributed by atoms with Crippen LogP contribution in [0.15, 0.2) is 42.5 Å². The summed E-state index contributed by atoms with van der Waals surface area (Å²) < 4.78 is 11.9. The van der Waals surface area contributed by atoms with E-state index in [1.54, 1.807) is 7.11 Å². The first-order chi connectivity index (χ1) is 15.6. The molecule has 2 heterocycles. The summed E-state index contributed by atoms with van der Waals surface area (Å²) in [6, 6.07) is 14.2. The van der Waals surface area contributed by atoms with Gasteiger partial charge in [0, 0.05) is 24.3 Å². The highest BCUT2D eigenvalue weighted by molar-refractivity contribution is 5.81. The van der Waals surface area contributed by atoms with E-state index in [1.165, 1.54) is 18.4 Å². The lowest BCUT2D eigenvalue weighted by atomic mass is 9.79. The molecule has 0 bridgehead atoms. The van der Waals surface area contributed by atoms with Crippen molar-refractivity contribution in [3.8, 4) is 11.5 Å². The lowest BCUT2D eigenvalue weighted by Gasteiger charge is -2.32. The van der Waals surface area contributed by atoms with E-state index in [0.29, 0.717) is 6.54 Å². The van der Waals surface area contributed by atoms with E-state index in [0.717, 1.165) is 47.6 Å². The molecule has 2 N–H and O–H groups in total. The molecule has 6 nitrogen and oxygen atoms in total. The molecular formula is C26H31N3O3. The summed E-state index contributed by atoms with van der Waals surface area (Å²) in [5.74, 6) is 2.63. The molecule has 0 spiro atoms. The molecule has 1 aromatic heterocycles. The average molecular weight is 434 g/mol. The van der Waals surface area contributed by atoms with Crippen molar-refractivity contribution in [3.63, 3.8) is 0 Å². The molecular weight excluding hydrogens is 402 g/mol. The summed E-state index contributed by atoms with van der Waals surface area (Å²) >= 11 is 0. The van der Waals surface area contributed by atoms with E-state index >= 15 is 0 Å². The van der Waals surface area contributed by atoms with Crippen molar-refractivity contribution in [3.05, 3.63) is 53.9 Å². The number of carbonyl (C=O) groups is 1. The molecule has 2 fully saturated rings. The Labute approximate surface area is 188 Å². The van der Waals surface area contributed by atoms with Crippen LogP contribution in [0.4, 0.5) is 0 Å². The van der Waals surface area contributed by atoms with Crippen molar-refractivity contribution in [1.29, 1.82) is 0 Å². The molecule has 3 atom stereocenters. The van der Waals surface area contributed by atoms with Gasteiger partial charge in [-0.1, -0.05) is 25.1 Å². The quantitative estimate of drug-likeness (QED) is 0.579. The second-order valence-corrected chi connectivity index (χ2v) is 9.15. The summed E-state index contributed by atoms with van der Waals surface area (Å²) in [6.07, 6.45) is 5.70. The first kappa shape index (κ1) is 20.9. The smallest absolute Gasteiger partial charge is 0.223 e. The van der Waals surface area contributed by atoms with Gasteiger partial charge in [-0.3, -0.25) is 4.79 Å². The lowest BCUT2D eigenvalue weighted by Crippen LogP contribution is -2.42. The SMILES string of the molecule is COc1ccc([C@H]2CNC(=O)[C@H](C(C)c3nc4ccccc4[nH]3)C2)cc1OC1CCCC1. The van der Waals surface area contributed by atoms with Crippen LogP contribution in [0.2, 0.25) is 0 Å². The van der Waals surface area contributed by atoms with Gasteiger partial charge < -0.3 is 19.8 Å². The number of H-pyrrole nitrogens is 1. The van der Waals surface area contributed by atoms with Gasteiger partial charge >= 0.3 is 0 Å². The molecule has 1 aliphatic carbocycles. The van der Waals surface area contributed by atoms with Crippen LogP contribution >= 0.6 is 0 Å². The Hall–Kier alpha value is -3.02. The van der Waals surface area contributed by atoms with Crippen molar-refractivity contribution in [1.82, 2.24) is 15.3 Å². The average Bonchev–Trinajstić information content (AvgIpc) is 3.48. The standard InChI is InChI=1S/C26H31N3O3/c1-16(25-28-21-9-5-6-10-22(21)29-25)20-13-18(15-27-26(20)30)17-11-12-23(31-2)24(14-17)32-19-7-3-4-8-19/h5-6,9-12,14,16,18-20H,3-4,7-8,13,15H2,1-2H3,(H,27,30)(H,28,29)/t16?,18-,20+/m1/s1. The number of aromatic nitrogens is 2. The maximum Gasteiger partial charge on any atom is 0.223 e. The highest BCUT2D eigenvalue weighted by Gasteiger charge is 2.35. The molecule has 2 aromatic carbocycles. The number of nitrogens with zero attached hydrogens (tertiary/aromatic N) is 1. The highest BCUT2D eigenvalue weighted by atomic mass is 16.5. The highest BCUT2D eigenvalue weighted by Crippen LogP contribution is 2.39. The fourth-order valence-electron chi connectivity index (χ4n) is 5.14. The van der Waals surface area contributed by atoms with Gasteiger partial charge in [0.1, 0.15) is 5.82 Å². The number of para-hydroxylation sites is 2. The summed E-state index contributed by atoms with van der Waals surface area (Å²) in [7, 11) is 1.68. The van der Waals surface area contributed by atoms with Gasteiger partial charge in [0.05, 0.1) is 24.2 Å². The van der Waals surface area contributed by atoms with Crippen LogP contribution in [0.25, 0.3) is 11.0 Å². The number of amides is 1. The number of carbonyl (C=O) groups excluding carboxylic acids is 1. The maximum atomic E-state index is 12.8. The summed E-state index contributed by atoms with van der Waals surface area (Å²) in [5, 5.41) is 3.13. The van der Waals surface area contributed by atoms with Gasteiger partial charge in [-0.25, -0.2) is 4.98 Å². The maximum absolute atomic E-state index is 12.8. The normalized spacial score (nSPS) is 22.6. The molecule has 1 saturated carbocycles. The van der Waals surface area contributed by atoms with Crippen molar-refractivity contribution in [2.24, 2.45) is 5.92 Å². The van der Waals surface area contributed by atoms with Gasteiger partial charge in [0.25, 0.3) is 0 Å². The molecule has 2 aliphatic rings. The fraction of sp³-hybridized carbons (Fsp3) is 0.462. The molecule has 3 aromatic rings. The fourth-order valence-corrected chi connectivity index (χ4v) is 5.14. The van der Waals surface area contributed by atoms with Crippen molar-refractivity contribution < 1.29 is 14.3 Å². The van der Waals surface area contributed by atoms with Gasteiger partial charge in [-0.05, 0) is 61.9 Å². The summed E-state index contributed by atoms with van der Waals surface area (Å²) in [5.41, 5.74) is 3.12. The Balaban J connectivity index is 1.37. The van der Waals surface area contributed by atoms with Crippen LogP contribution in [-0.4, -0.2) is 35.6 Å². The van der Waals surface area contributed by atoms with Gasteiger partial charge in [0.15, 0.2) is 11.5 Å². The number of ether oxygens (including phenoxy) is 2. The minimum absolute atomic E-state index is 0.00217. The molecule has 6 heteroatoms. The van der Waals surface area contributed by atoms with Gasteiger partial charge in [-0.15, -0.1) is 0 Å². The van der Waals surface area contributed by atoms with Crippen LogP contribution in [0.3, 0.4) is 0 Å². The molecule has 1 unspecified atom stereocenters. The predicted octanol–water partition coefficient (Wildman–Crippen LogP) is 4.92. The van der Waals surface area contributed by atoms with Crippen molar-refractivity contribution >= 4 is 16.9 Å². The van der Waals surface area contributed by atoms with Crippen LogP contribution in [-0.2, 0) is 4.79 Å². The topological polar surface area (TPSA) is 76.2 Å². The van der Waals surface area contributed by atoms with Crippen molar-refractivity contribution in [2.75, 3.05) is 13.7 Å². The lowest BCUT2D eigenvalue weighted by molar-refractivity contribution is -0.127. The van der Waals surface area contributed by atoms with Crippen LogP contribution < -0.4 is 14.8 Å². The Bertz CT molecular complexity index is 1070. The largest absolute Gasteiger partial charge is 0.493 e. The zero-order valence-corrected chi connectivity index (χ0v) is 18.8. The molecule has 1 saturated heterocycles. The minimum atomic E-state index is -0.143. The number of fused-ring (bicyclic) bond motifs is 1. The molecule has 1 amide bonds. The number of aromatic amines is 1. The molecule has 168 valence electrons. The molecule has 0 radical (unpaired) electrons. The van der Waals surface area contributed by atoms with Gasteiger partial charge in [-0.2, -0.15) is 0 Å². The van der Waals surface area contributed by atoms with E-state index in [2.05, 4.69) is 29.4 Å².